The molecule has 1 aromatic heterocycles. The number of aromatic hydroxyl groups is 1. The first-order valence-electron chi connectivity index (χ1n) is 8.93. The molecule has 2 aromatic carbocycles. The SMILES string of the molecule is CCC(NC1CCc2ccccc2C1)Oc1ccc2sc(O)cc2c1. The lowest BCUT2D eigenvalue weighted by Gasteiger charge is -2.29. The molecule has 4 heteroatoms. The Morgan fingerprint density at radius 2 is 2.04 bits per heavy atom. The minimum atomic E-state index is -0.0000510. The van der Waals surface area contributed by atoms with Crippen LogP contribution in [0.15, 0.2) is 48.5 Å². The van der Waals surface area contributed by atoms with Crippen LogP contribution in [0.2, 0.25) is 0 Å². The lowest BCUT2D eigenvalue weighted by Crippen LogP contribution is -2.44. The summed E-state index contributed by atoms with van der Waals surface area (Å²) in [5.74, 6) is 0.848. The predicted octanol–water partition coefficient (Wildman–Crippen LogP) is 4.87. The zero-order valence-corrected chi connectivity index (χ0v) is 15.2. The molecule has 1 aliphatic carbocycles. The largest absolute Gasteiger partial charge is 0.499 e. The standard InChI is InChI=1S/C21H23NO2S/c1-2-20(22-17-8-7-14-5-3-4-6-15(14)11-17)24-18-9-10-19-16(12-18)13-21(23)25-19/h3-6,9-10,12-13,17,20,22-23H,2,7-8,11H2,1H3. The molecule has 1 heterocycles. The highest BCUT2D eigenvalue weighted by Gasteiger charge is 2.21. The Bertz CT molecular complexity index is 873. The second kappa shape index (κ2) is 7.06. The van der Waals surface area contributed by atoms with Crippen LogP contribution in [0.5, 0.6) is 10.8 Å². The van der Waals surface area contributed by atoms with Gasteiger partial charge in [0.2, 0.25) is 0 Å². The number of hydrogen-bond acceptors (Lipinski definition) is 4. The highest BCUT2D eigenvalue weighted by Crippen LogP contribution is 2.33. The van der Waals surface area contributed by atoms with E-state index in [-0.39, 0.29) is 6.23 Å². The highest BCUT2D eigenvalue weighted by molar-refractivity contribution is 7.20. The van der Waals surface area contributed by atoms with Gasteiger partial charge in [-0.1, -0.05) is 42.5 Å². The van der Waals surface area contributed by atoms with Crippen LogP contribution in [0.3, 0.4) is 0 Å². The van der Waals surface area contributed by atoms with E-state index in [0.29, 0.717) is 11.1 Å². The fourth-order valence-electron chi connectivity index (χ4n) is 3.58. The maximum Gasteiger partial charge on any atom is 0.172 e. The van der Waals surface area contributed by atoms with Crippen molar-refractivity contribution in [2.45, 2.75) is 44.9 Å². The van der Waals surface area contributed by atoms with E-state index >= 15 is 0 Å². The molecule has 0 bridgehead atoms. The first-order valence-corrected chi connectivity index (χ1v) is 9.75. The fourth-order valence-corrected chi connectivity index (χ4v) is 4.37. The third kappa shape index (κ3) is 3.65. The number of hydrogen-bond donors (Lipinski definition) is 2. The zero-order chi connectivity index (χ0) is 17.2. The number of ether oxygens (including phenoxy) is 1. The Morgan fingerprint density at radius 3 is 2.88 bits per heavy atom. The summed E-state index contributed by atoms with van der Waals surface area (Å²) in [7, 11) is 0. The minimum absolute atomic E-state index is 0.0000510. The van der Waals surface area contributed by atoms with Gasteiger partial charge in [-0.05, 0) is 66.5 Å². The van der Waals surface area contributed by atoms with Gasteiger partial charge in [-0.15, -0.1) is 0 Å². The van der Waals surface area contributed by atoms with E-state index in [1.165, 1.54) is 22.5 Å². The number of fused-ring (bicyclic) bond motifs is 2. The monoisotopic (exact) mass is 353 g/mol. The van der Waals surface area contributed by atoms with E-state index in [0.717, 1.165) is 41.5 Å². The van der Waals surface area contributed by atoms with Gasteiger partial charge < -0.3 is 9.84 Å². The Balaban J connectivity index is 1.43. The molecule has 0 aliphatic heterocycles. The zero-order valence-electron chi connectivity index (χ0n) is 14.4. The smallest absolute Gasteiger partial charge is 0.172 e. The Hall–Kier alpha value is -2.04. The molecule has 3 aromatic rings. The third-order valence-electron chi connectivity index (χ3n) is 4.89. The number of thiophene rings is 1. The normalized spacial score (nSPS) is 18.0. The number of benzene rings is 2. The lowest BCUT2D eigenvalue weighted by atomic mass is 9.88. The van der Waals surface area contributed by atoms with E-state index in [9.17, 15) is 5.11 Å². The third-order valence-corrected chi connectivity index (χ3v) is 5.81. The van der Waals surface area contributed by atoms with Gasteiger partial charge in [-0.2, -0.15) is 0 Å². The van der Waals surface area contributed by atoms with Crippen LogP contribution in [-0.2, 0) is 12.8 Å². The van der Waals surface area contributed by atoms with Crippen LogP contribution < -0.4 is 10.1 Å². The summed E-state index contributed by atoms with van der Waals surface area (Å²) >= 11 is 1.39. The molecule has 25 heavy (non-hydrogen) atoms. The molecule has 130 valence electrons. The molecule has 3 nitrogen and oxygen atoms in total. The molecule has 2 unspecified atom stereocenters. The van der Waals surface area contributed by atoms with Crippen molar-refractivity contribution in [1.29, 1.82) is 0 Å². The molecular weight excluding hydrogens is 330 g/mol. The molecule has 1 aliphatic rings. The quantitative estimate of drug-likeness (QED) is 0.643. The van der Waals surface area contributed by atoms with Crippen molar-refractivity contribution < 1.29 is 9.84 Å². The van der Waals surface area contributed by atoms with Gasteiger partial charge in [0, 0.05) is 10.7 Å². The summed E-state index contributed by atoms with van der Waals surface area (Å²) in [6.45, 7) is 2.14. The van der Waals surface area contributed by atoms with Gasteiger partial charge in [0.1, 0.15) is 12.0 Å². The molecule has 0 saturated heterocycles. The summed E-state index contributed by atoms with van der Waals surface area (Å²) in [4.78, 5) is 0. The lowest BCUT2D eigenvalue weighted by molar-refractivity contribution is 0.139. The van der Waals surface area contributed by atoms with Crippen molar-refractivity contribution >= 4 is 21.4 Å². The molecule has 0 amide bonds. The Morgan fingerprint density at radius 1 is 1.20 bits per heavy atom. The average molecular weight is 353 g/mol. The second-order valence-electron chi connectivity index (χ2n) is 6.67. The van der Waals surface area contributed by atoms with Crippen molar-refractivity contribution in [3.05, 3.63) is 59.7 Å². The van der Waals surface area contributed by atoms with Crippen LogP contribution in [0.25, 0.3) is 10.1 Å². The van der Waals surface area contributed by atoms with Gasteiger partial charge in [-0.3, -0.25) is 5.32 Å². The van der Waals surface area contributed by atoms with Crippen LogP contribution in [0, 0.1) is 0 Å². The second-order valence-corrected chi connectivity index (χ2v) is 7.74. The van der Waals surface area contributed by atoms with Gasteiger partial charge >= 0.3 is 0 Å². The predicted molar refractivity (Wildman–Crippen MR) is 104 cm³/mol. The minimum Gasteiger partial charge on any atom is -0.499 e. The number of nitrogens with one attached hydrogen (secondary N) is 1. The summed E-state index contributed by atoms with van der Waals surface area (Å²) < 4.78 is 7.26. The molecular formula is C21H23NO2S. The van der Waals surface area contributed by atoms with E-state index in [1.54, 1.807) is 6.07 Å². The number of aryl methyl sites for hydroxylation is 1. The van der Waals surface area contributed by atoms with Crippen LogP contribution >= 0.6 is 11.3 Å². The number of rotatable bonds is 5. The molecule has 0 spiro atoms. The van der Waals surface area contributed by atoms with Gasteiger partial charge in [-0.25, -0.2) is 0 Å². The van der Waals surface area contributed by atoms with Crippen molar-refractivity contribution in [3.63, 3.8) is 0 Å². The summed E-state index contributed by atoms with van der Waals surface area (Å²) in [5.41, 5.74) is 2.94. The van der Waals surface area contributed by atoms with E-state index in [2.05, 4.69) is 36.5 Å². The Labute approximate surface area is 152 Å². The maximum absolute atomic E-state index is 9.64. The summed E-state index contributed by atoms with van der Waals surface area (Å²) in [6, 6.07) is 17.0. The molecule has 0 saturated carbocycles. The van der Waals surface area contributed by atoms with Gasteiger partial charge in [0.15, 0.2) is 5.06 Å². The molecule has 0 fully saturated rings. The molecule has 2 atom stereocenters. The molecule has 2 N–H and O–H groups in total. The Kier molecular flexibility index (Phi) is 4.64. The van der Waals surface area contributed by atoms with Crippen molar-refractivity contribution in [2.75, 3.05) is 0 Å². The summed E-state index contributed by atoms with van der Waals surface area (Å²) in [6.07, 6.45) is 4.25. The van der Waals surface area contributed by atoms with E-state index in [4.69, 9.17) is 4.74 Å². The first-order chi connectivity index (χ1) is 12.2. The van der Waals surface area contributed by atoms with Crippen molar-refractivity contribution in [3.8, 4) is 10.8 Å². The molecule has 4 rings (SSSR count). The van der Waals surface area contributed by atoms with Gasteiger partial charge in [0.05, 0.1) is 0 Å². The van der Waals surface area contributed by atoms with Crippen LogP contribution in [0.4, 0.5) is 0 Å². The first kappa shape index (κ1) is 16.4. The topological polar surface area (TPSA) is 41.5 Å². The van der Waals surface area contributed by atoms with Crippen molar-refractivity contribution in [2.24, 2.45) is 0 Å². The molecule has 0 radical (unpaired) electrons. The highest BCUT2D eigenvalue weighted by atomic mass is 32.1. The van der Waals surface area contributed by atoms with Crippen molar-refractivity contribution in [1.82, 2.24) is 5.32 Å². The average Bonchev–Trinajstić information content (AvgIpc) is 3.00. The van der Waals surface area contributed by atoms with E-state index in [1.807, 2.05) is 18.2 Å². The fraction of sp³-hybridized carbons (Fsp3) is 0.333. The van der Waals surface area contributed by atoms with Crippen LogP contribution in [0.1, 0.15) is 30.9 Å². The van der Waals surface area contributed by atoms with Gasteiger partial charge in [0.25, 0.3) is 0 Å². The summed E-state index contributed by atoms with van der Waals surface area (Å²) in [5, 5.41) is 14.7. The maximum atomic E-state index is 9.64. The van der Waals surface area contributed by atoms with E-state index < -0.39 is 0 Å². The van der Waals surface area contributed by atoms with Crippen LogP contribution in [-0.4, -0.2) is 17.4 Å².